The summed E-state index contributed by atoms with van der Waals surface area (Å²) in [4.78, 5) is 25.3. The lowest BCUT2D eigenvalue weighted by Gasteiger charge is -2.35. The Hall–Kier alpha value is -1.85. The van der Waals surface area contributed by atoms with Gasteiger partial charge in [-0.15, -0.1) is 0 Å². The quantitative estimate of drug-likeness (QED) is 0.513. The van der Waals surface area contributed by atoms with Crippen LogP contribution in [0.15, 0.2) is 23.1 Å². The van der Waals surface area contributed by atoms with Gasteiger partial charge in [0.25, 0.3) is 0 Å². The summed E-state index contributed by atoms with van der Waals surface area (Å²) in [5.74, 6) is -1.77. The molecule has 150 valence electrons. The summed E-state index contributed by atoms with van der Waals surface area (Å²) in [6.07, 6.45) is -0.563. The van der Waals surface area contributed by atoms with Crippen LogP contribution >= 0.6 is 11.8 Å². The predicted octanol–water partition coefficient (Wildman–Crippen LogP) is 1.94. The fraction of sp³-hybridized carbons (Fsp3) is 0.500. The maximum atomic E-state index is 13.9. The van der Waals surface area contributed by atoms with Crippen molar-refractivity contribution in [2.24, 2.45) is 0 Å². The monoisotopic (exact) mass is 408 g/mol. The Bertz CT molecular complexity index is 714. The van der Waals surface area contributed by atoms with Gasteiger partial charge in [-0.1, -0.05) is 6.07 Å². The molecule has 1 aromatic carbocycles. The lowest BCUT2D eigenvalue weighted by Crippen LogP contribution is -2.65. The number of thioether (sulfide) groups is 1. The van der Waals surface area contributed by atoms with E-state index < -0.39 is 52.3 Å². The summed E-state index contributed by atoms with van der Waals surface area (Å²) in [7, 11) is 3.45. The van der Waals surface area contributed by atoms with Crippen LogP contribution in [0.4, 0.5) is 17.6 Å². The third-order valence-electron chi connectivity index (χ3n) is 3.92. The van der Waals surface area contributed by atoms with Gasteiger partial charge in [0.1, 0.15) is 12.1 Å². The van der Waals surface area contributed by atoms with Gasteiger partial charge in [0.05, 0.1) is 23.4 Å². The first-order valence-electron chi connectivity index (χ1n) is 8.03. The van der Waals surface area contributed by atoms with Crippen LogP contribution in [0.25, 0.3) is 0 Å². The van der Waals surface area contributed by atoms with E-state index in [2.05, 4.69) is 16.0 Å². The number of rotatable bonds is 5. The molecule has 1 aliphatic rings. The van der Waals surface area contributed by atoms with E-state index in [-0.39, 0.29) is 12.3 Å². The minimum atomic E-state index is -4.58. The van der Waals surface area contributed by atoms with Crippen molar-refractivity contribution in [3.63, 3.8) is 0 Å². The zero-order valence-corrected chi connectivity index (χ0v) is 15.7. The van der Waals surface area contributed by atoms with E-state index in [1.165, 1.54) is 6.07 Å². The highest BCUT2D eigenvalue weighted by atomic mass is 32.2. The number of carbonyl (C=O) groups is 2. The summed E-state index contributed by atoms with van der Waals surface area (Å²) in [6.45, 7) is 1.58. The number of carbonyl (C=O) groups excluding carboxylic acids is 2. The zero-order chi connectivity index (χ0) is 20.4. The van der Waals surface area contributed by atoms with E-state index in [1.807, 2.05) is 0 Å². The molecule has 1 saturated heterocycles. The van der Waals surface area contributed by atoms with Crippen molar-refractivity contribution in [1.82, 2.24) is 20.9 Å². The molecule has 1 aromatic rings. The van der Waals surface area contributed by atoms with Crippen molar-refractivity contribution in [2.75, 3.05) is 14.1 Å². The largest absolute Gasteiger partial charge is 0.446 e. The van der Waals surface area contributed by atoms with E-state index in [0.717, 1.165) is 12.1 Å². The van der Waals surface area contributed by atoms with Crippen LogP contribution in [-0.2, 0) is 9.59 Å². The molecular formula is C16H20F4N4O2S. The molecule has 11 heteroatoms. The van der Waals surface area contributed by atoms with E-state index >= 15 is 0 Å². The van der Waals surface area contributed by atoms with E-state index in [1.54, 1.807) is 25.9 Å². The summed E-state index contributed by atoms with van der Waals surface area (Å²) < 4.78 is 51.0. The van der Waals surface area contributed by atoms with E-state index in [9.17, 15) is 27.2 Å². The molecular weight excluding hydrogens is 388 g/mol. The van der Waals surface area contributed by atoms with Crippen LogP contribution in [-0.4, -0.2) is 48.6 Å². The standard InChI is InChI=1S/C16H20F4N4O2S/c1-8(9-4-5-12(10(17)6-9)27-16(18,19)20)21-14(26)11-7-13(25)23-15(22-11)24(2)3/h4-6,8,11,15,22H,7H2,1-3H3,(H,21,26)(H,23,25)/t8-,11?,15?/m1/s1. The van der Waals surface area contributed by atoms with Gasteiger partial charge in [-0.05, 0) is 50.5 Å². The summed E-state index contributed by atoms with van der Waals surface area (Å²) in [5.41, 5.74) is -4.27. The SMILES string of the molecule is C[C@@H](NC(=O)C1CC(=O)NC(N(C)C)N1)c1ccc(SC(F)(F)F)c(F)c1. The fourth-order valence-corrected chi connectivity index (χ4v) is 3.07. The second-order valence-electron chi connectivity index (χ2n) is 6.32. The van der Waals surface area contributed by atoms with Crippen molar-refractivity contribution >= 4 is 23.6 Å². The zero-order valence-electron chi connectivity index (χ0n) is 14.9. The minimum absolute atomic E-state index is 0.0571. The Morgan fingerprint density at radius 3 is 2.59 bits per heavy atom. The Balaban J connectivity index is 2.03. The van der Waals surface area contributed by atoms with Crippen LogP contribution in [0.3, 0.4) is 0 Å². The number of nitrogens with zero attached hydrogens (tertiary/aromatic N) is 1. The average Bonchev–Trinajstić information content (AvgIpc) is 2.54. The van der Waals surface area contributed by atoms with Crippen LogP contribution in [0.5, 0.6) is 0 Å². The Morgan fingerprint density at radius 2 is 2.04 bits per heavy atom. The third-order valence-corrected chi connectivity index (χ3v) is 4.70. The van der Waals surface area contributed by atoms with E-state index in [4.69, 9.17) is 0 Å². The number of nitrogens with one attached hydrogen (secondary N) is 3. The molecule has 0 aromatic heterocycles. The molecule has 0 spiro atoms. The predicted molar refractivity (Wildman–Crippen MR) is 92.0 cm³/mol. The first kappa shape index (κ1) is 21.5. The third kappa shape index (κ3) is 6.08. The Morgan fingerprint density at radius 1 is 1.37 bits per heavy atom. The molecule has 1 fully saturated rings. The number of amides is 2. The molecule has 1 aliphatic heterocycles. The van der Waals surface area contributed by atoms with Gasteiger partial charge in [0.2, 0.25) is 11.8 Å². The molecule has 6 nitrogen and oxygen atoms in total. The molecule has 27 heavy (non-hydrogen) atoms. The first-order chi connectivity index (χ1) is 12.5. The van der Waals surface area contributed by atoms with Crippen LogP contribution < -0.4 is 16.0 Å². The summed E-state index contributed by atoms with van der Waals surface area (Å²) in [6, 6.07) is 1.88. The summed E-state index contributed by atoms with van der Waals surface area (Å²) in [5, 5.41) is 8.28. The smallest absolute Gasteiger partial charge is 0.348 e. The van der Waals surface area contributed by atoms with Crippen molar-refractivity contribution in [2.45, 2.75) is 42.1 Å². The fourth-order valence-electron chi connectivity index (χ4n) is 2.53. The van der Waals surface area contributed by atoms with Crippen LogP contribution in [0, 0.1) is 5.82 Å². The molecule has 2 rings (SSSR count). The second kappa shape index (κ2) is 8.44. The van der Waals surface area contributed by atoms with Crippen molar-refractivity contribution in [3.05, 3.63) is 29.6 Å². The minimum Gasteiger partial charge on any atom is -0.348 e. The highest BCUT2D eigenvalue weighted by molar-refractivity contribution is 8.00. The van der Waals surface area contributed by atoms with E-state index in [0.29, 0.717) is 5.56 Å². The van der Waals surface area contributed by atoms with Crippen LogP contribution in [0.2, 0.25) is 0 Å². The van der Waals surface area contributed by atoms with Gasteiger partial charge in [-0.25, -0.2) is 4.39 Å². The maximum absolute atomic E-state index is 13.9. The van der Waals surface area contributed by atoms with Crippen molar-refractivity contribution in [3.8, 4) is 0 Å². The number of hydrogen-bond acceptors (Lipinski definition) is 5. The van der Waals surface area contributed by atoms with Gasteiger partial charge in [-0.3, -0.25) is 19.8 Å². The Labute approximate surface area is 158 Å². The van der Waals surface area contributed by atoms with Gasteiger partial charge in [0, 0.05) is 0 Å². The van der Waals surface area contributed by atoms with Crippen LogP contribution in [0.1, 0.15) is 24.9 Å². The molecule has 2 unspecified atom stereocenters. The normalized spacial score (nSPS) is 21.7. The average molecular weight is 408 g/mol. The molecule has 0 aliphatic carbocycles. The van der Waals surface area contributed by atoms with Gasteiger partial charge >= 0.3 is 5.51 Å². The Kier molecular flexibility index (Phi) is 6.71. The van der Waals surface area contributed by atoms with Gasteiger partial charge < -0.3 is 10.6 Å². The van der Waals surface area contributed by atoms with Crippen molar-refractivity contribution < 1.29 is 27.2 Å². The molecule has 0 bridgehead atoms. The molecule has 0 saturated carbocycles. The second-order valence-corrected chi connectivity index (χ2v) is 7.43. The van der Waals surface area contributed by atoms with Gasteiger partial charge in [0.15, 0.2) is 0 Å². The lowest BCUT2D eigenvalue weighted by molar-refractivity contribution is -0.133. The molecule has 2 amide bonds. The number of hydrogen-bond donors (Lipinski definition) is 3. The molecule has 1 heterocycles. The number of benzene rings is 1. The topological polar surface area (TPSA) is 73.5 Å². The number of alkyl halides is 3. The summed E-state index contributed by atoms with van der Waals surface area (Å²) >= 11 is -0.534. The molecule has 3 atom stereocenters. The first-order valence-corrected chi connectivity index (χ1v) is 8.85. The highest BCUT2D eigenvalue weighted by Crippen LogP contribution is 2.38. The molecule has 0 radical (unpaired) electrons. The molecule has 3 N–H and O–H groups in total. The highest BCUT2D eigenvalue weighted by Gasteiger charge is 2.33. The van der Waals surface area contributed by atoms with Crippen molar-refractivity contribution in [1.29, 1.82) is 0 Å². The maximum Gasteiger partial charge on any atom is 0.446 e. The number of halogens is 4. The van der Waals surface area contributed by atoms with Gasteiger partial charge in [-0.2, -0.15) is 13.2 Å². The lowest BCUT2D eigenvalue weighted by atomic mass is 10.1.